The van der Waals surface area contributed by atoms with Gasteiger partial charge < -0.3 is 14.5 Å². The van der Waals surface area contributed by atoms with Gasteiger partial charge in [0.15, 0.2) is 11.5 Å². The second kappa shape index (κ2) is 7.63. The van der Waals surface area contributed by atoms with Crippen LogP contribution in [0.1, 0.15) is 30.3 Å². The van der Waals surface area contributed by atoms with Crippen molar-refractivity contribution in [1.29, 1.82) is 0 Å². The topological polar surface area (TPSA) is 85.3 Å². The van der Waals surface area contributed by atoms with Crippen LogP contribution in [0.2, 0.25) is 0 Å². The zero-order valence-corrected chi connectivity index (χ0v) is 16.4. The number of benzene rings is 1. The third kappa shape index (κ3) is 3.60. The first-order valence-electron chi connectivity index (χ1n) is 9.45. The lowest BCUT2D eigenvalue weighted by Crippen LogP contribution is -2.37. The molecule has 1 fully saturated rings. The number of piperidine rings is 1. The smallest absolute Gasteiger partial charge is 0.258 e. The third-order valence-electron chi connectivity index (χ3n) is 5.22. The highest BCUT2D eigenvalue weighted by Crippen LogP contribution is 2.30. The van der Waals surface area contributed by atoms with Crippen molar-refractivity contribution < 1.29 is 9.47 Å². The molecule has 1 aromatic carbocycles. The van der Waals surface area contributed by atoms with Gasteiger partial charge in [-0.05, 0) is 37.9 Å². The number of aromatic nitrogens is 4. The van der Waals surface area contributed by atoms with E-state index in [0.717, 1.165) is 25.9 Å². The van der Waals surface area contributed by atoms with E-state index in [1.54, 1.807) is 26.4 Å². The van der Waals surface area contributed by atoms with Crippen LogP contribution in [0.15, 0.2) is 29.3 Å². The number of nitrogens with zero attached hydrogens (tertiary/aromatic N) is 4. The molecular formula is C20H25N5O3. The fourth-order valence-electron chi connectivity index (χ4n) is 3.82. The minimum atomic E-state index is -0.169. The summed E-state index contributed by atoms with van der Waals surface area (Å²) >= 11 is 0. The van der Waals surface area contributed by atoms with Gasteiger partial charge in [0.05, 0.1) is 43.9 Å². The summed E-state index contributed by atoms with van der Waals surface area (Å²) < 4.78 is 12.7. The third-order valence-corrected chi connectivity index (χ3v) is 5.22. The Bertz CT molecular complexity index is 1040. The number of H-pyrrole nitrogens is 1. The number of aryl methyl sites for hydroxylation is 1. The van der Waals surface area contributed by atoms with E-state index in [0.29, 0.717) is 40.8 Å². The Morgan fingerprint density at radius 1 is 1.25 bits per heavy atom. The SMILES string of the molecule is COc1cc2nc(CN3CCCC(n4cc(C)cn4)C3)[nH]c(=O)c2cc1OC. The molecule has 4 rings (SSSR count). The Hall–Kier alpha value is -2.87. The number of aromatic amines is 1. The average Bonchev–Trinajstić information content (AvgIpc) is 3.13. The zero-order valence-electron chi connectivity index (χ0n) is 16.4. The molecule has 1 aliphatic rings. The minimum absolute atomic E-state index is 0.169. The summed E-state index contributed by atoms with van der Waals surface area (Å²) in [7, 11) is 3.12. The van der Waals surface area contributed by atoms with Crippen molar-refractivity contribution in [1.82, 2.24) is 24.6 Å². The largest absolute Gasteiger partial charge is 0.493 e. The van der Waals surface area contributed by atoms with Crippen molar-refractivity contribution in [3.63, 3.8) is 0 Å². The van der Waals surface area contributed by atoms with Crippen molar-refractivity contribution in [2.45, 2.75) is 32.4 Å². The Kier molecular flexibility index (Phi) is 5.04. The summed E-state index contributed by atoms with van der Waals surface area (Å²) in [5.41, 5.74) is 1.60. The summed E-state index contributed by atoms with van der Waals surface area (Å²) in [5, 5.41) is 4.95. The molecule has 3 aromatic rings. The maximum absolute atomic E-state index is 12.6. The first-order chi connectivity index (χ1) is 13.6. The minimum Gasteiger partial charge on any atom is -0.493 e. The summed E-state index contributed by atoms with van der Waals surface area (Å²) in [6.45, 7) is 4.51. The van der Waals surface area contributed by atoms with Gasteiger partial charge in [0, 0.05) is 18.8 Å². The van der Waals surface area contributed by atoms with E-state index in [1.165, 1.54) is 5.56 Å². The first kappa shape index (κ1) is 18.5. The number of hydrogen-bond donors (Lipinski definition) is 1. The van der Waals surface area contributed by atoms with Crippen molar-refractivity contribution in [3.8, 4) is 11.5 Å². The predicted octanol–water partition coefficient (Wildman–Crippen LogP) is 2.28. The van der Waals surface area contributed by atoms with Crippen LogP contribution in [0.4, 0.5) is 0 Å². The molecule has 0 spiro atoms. The molecule has 0 radical (unpaired) electrons. The molecule has 8 heteroatoms. The van der Waals surface area contributed by atoms with E-state index < -0.39 is 0 Å². The lowest BCUT2D eigenvalue weighted by molar-refractivity contribution is 0.160. The van der Waals surface area contributed by atoms with Gasteiger partial charge in [0.2, 0.25) is 0 Å². The van der Waals surface area contributed by atoms with Crippen LogP contribution in [-0.4, -0.2) is 52.0 Å². The van der Waals surface area contributed by atoms with Crippen molar-refractivity contribution in [3.05, 3.63) is 46.3 Å². The molecule has 0 aliphatic carbocycles. The molecule has 3 heterocycles. The number of rotatable bonds is 5. The van der Waals surface area contributed by atoms with Gasteiger partial charge in [-0.2, -0.15) is 5.10 Å². The van der Waals surface area contributed by atoms with Crippen LogP contribution >= 0.6 is 0 Å². The summed E-state index contributed by atoms with van der Waals surface area (Å²) in [4.78, 5) is 22.5. The highest BCUT2D eigenvalue weighted by atomic mass is 16.5. The molecule has 1 saturated heterocycles. The van der Waals surface area contributed by atoms with Crippen LogP contribution in [0.25, 0.3) is 10.9 Å². The van der Waals surface area contributed by atoms with Gasteiger partial charge in [-0.1, -0.05) is 0 Å². The number of nitrogens with one attached hydrogen (secondary N) is 1. The molecule has 1 N–H and O–H groups in total. The van der Waals surface area contributed by atoms with Gasteiger partial charge in [-0.15, -0.1) is 0 Å². The molecule has 0 amide bonds. The van der Waals surface area contributed by atoms with E-state index in [2.05, 4.69) is 37.8 Å². The van der Waals surface area contributed by atoms with E-state index in [-0.39, 0.29) is 5.56 Å². The zero-order chi connectivity index (χ0) is 19.7. The Labute approximate surface area is 163 Å². The highest BCUT2D eigenvalue weighted by Gasteiger charge is 2.22. The maximum atomic E-state index is 12.6. The lowest BCUT2D eigenvalue weighted by atomic mass is 10.1. The number of methoxy groups -OCH3 is 2. The molecule has 28 heavy (non-hydrogen) atoms. The number of likely N-dealkylation sites (tertiary alicyclic amines) is 1. The lowest BCUT2D eigenvalue weighted by Gasteiger charge is -2.32. The van der Waals surface area contributed by atoms with Gasteiger partial charge in [0.1, 0.15) is 5.82 Å². The van der Waals surface area contributed by atoms with Crippen LogP contribution in [0.3, 0.4) is 0 Å². The molecule has 0 saturated carbocycles. The Morgan fingerprint density at radius 2 is 2.04 bits per heavy atom. The van der Waals surface area contributed by atoms with Crippen LogP contribution in [0, 0.1) is 6.92 Å². The second-order valence-electron chi connectivity index (χ2n) is 7.27. The van der Waals surface area contributed by atoms with Crippen molar-refractivity contribution in [2.24, 2.45) is 0 Å². The predicted molar refractivity (Wildman–Crippen MR) is 106 cm³/mol. The van der Waals surface area contributed by atoms with E-state index in [4.69, 9.17) is 9.47 Å². The second-order valence-corrected chi connectivity index (χ2v) is 7.27. The standard InChI is InChI=1S/C20H25N5O3/c1-13-9-21-25(10-13)14-5-4-6-24(11-14)12-19-22-16-8-18(28-3)17(27-2)7-15(16)20(26)23-19/h7-10,14H,4-6,11-12H2,1-3H3,(H,22,23,26). The molecule has 0 bridgehead atoms. The molecule has 1 aliphatic heterocycles. The molecule has 2 aromatic heterocycles. The van der Waals surface area contributed by atoms with E-state index in [9.17, 15) is 4.79 Å². The van der Waals surface area contributed by atoms with E-state index >= 15 is 0 Å². The summed E-state index contributed by atoms with van der Waals surface area (Å²) in [6.07, 6.45) is 6.18. The van der Waals surface area contributed by atoms with Crippen LogP contribution < -0.4 is 15.0 Å². The molecular weight excluding hydrogens is 358 g/mol. The van der Waals surface area contributed by atoms with Crippen LogP contribution in [0.5, 0.6) is 11.5 Å². The normalized spacial score (nSPS) is 17.8. The highest BCUT2D eigenvalue weighted by molar-refractivity contribution is 5.81. The first-order valence-corrected chi connectivity index (χ1v) is 9.45. The number of ether oxygens (including phenoxy) is 2. The molecule has 1 unspecified atom stereocenters. The van der Waals surface area contributed by atoms with Gasteiger partial charge in [0.25, 0.3) is 5.56 Å². The Balaban J connectivity index is 1.58. The number of hydrogen-bond acceptors (Lipinski definition) is 6. The molecule has 1 atom stereocenters. The van der Waals surface area contributed by atoms with Crippen molar-refractivity contribution >= 4 is 10.9 Å². The summed E-state index contributed by atoms with van der Waals surface area (Å²) in [6, 6.07) is 3.76. The maximum Gasteiger partial charge on any atom is 0.258 e. The quantitative estimate of drug-likeness (QED) is 0.728. The average molecular weight is 383 g/mol. The number of fused-ring (bicyclic) bond motifs is 1. The summed E-state index contributed by atoms with van der Waals surface area (Å²) in [5.74, 6) is 1.73. The molecule has 8 nitrogen and oxygen atoms in total. The molecule has 148 valence electrons. The Morgan fingerprint density at radius 3 is 2.75 bits per heavy atom. The van der Waals surface area contributed by atoms with Crippen LogP contribution in [-0.2, 0) is 6.54 Å². The van der Waals surface area contributed by atoms with Crippen molar-refractivity contribution in [2.75, 3.05) is 27.3 Å². The van der Waals surface area contributed by atoms with Gasteiger partial charge >= 0.3 is 0 Å². The fraction of sp³-hybridized carbons (Fsp3) is 0.450. The van der Waals surface area contributed by atoms with Gasteiger partial charge in [-0.25, -0.2) is 4.98 Å². The fourth-order valence-corrected chi connectivity index (χ4v) is 3.82. The van der Waals surface area contributed by atoms with E-state index in [1.807, 2.05) is 6.20 Å². The monoisotopic (exact) mass is 383 g/mol. The van der Waals surface area contributed by atoms with Gasteiger partial charge in [-0.3, -0.25) is 14.4 Å².